The van der Waals surface area contributed by atoms with Crippen molar-refractivity contribution in [3.05, 3.63) is 29.3 Å². The third-order valence-electron chi connectivity index (χ3n) is 2.68. The Morgan fingerprint density at radius 2 is 2.00 bits per heavy atom. The van der Waals surface area contributed by atoms with Crippen LogP contribution in [0.3, 0.4) is 0 Å². The highest BCUT2D eigenvalue weighted by Crippen LogP contribution is 2.29. The van der Waals surface area contributed by atoms with Crippen LogP contribution < -0.4 is 10.1 Å². The van der Waals surface area contributed by atoms with E-state index in [1.807, 2.05) is 0 Å². The van der Waals surface area contributed by atoms with Crippen molar-refractivity contribution in [2.45, 2.75) is 12.8 Å². The zero-order valence-corrected chi connectivity index (χ0v) is 14.0. The normalized spacial score (nSPS) is 10.6. The summed E-state index contributed by atoms with van der Waals surface area (Å²) in [6, 6.07) is 3.88. The summed E-state index contributed by atoms with van der Waals surface area (Å²) in [6.07, 6.45) is -2.63. The molecule has 0 aliphatic rings. The van der Waals surface area contributed by atoms with Gasteiger partial charge in [0.25, 0.3) is 12.3 Å². The molecule has 5 nitrogen and oxygen atoms in total. The predicted molar refractivity (Wildman–Crippen MR) is 87.5 cm³/mol. The summed E-state index contributed by atoms with van der Waals surface area (Å²) in [5.74, 6) is -0.161. The van der Waals surface area contributed by atoms with Gasteiger partial charge in [0.15, 0.2) is 0 Å². The molecule has 0 aliphatic heterocycles. The maximum Gasteiger partial charge on any atom is 0.304 e. The second kappa shape index (κ2) is 10.3. The molecule has 1 aromatic rings. The number of methoxy groups -OCH3 is 1. The molecule has 2 N–H and O–H groups in total. The Bertz CT molecular complexity index is 544. The van der Waals surface area contributed by atoms with Gasteiger partial charge in [0, 0.05) is 23.6 Å². The average molecular weight is 365 g/mol. The molecule has 0 fully saturated rings. The van der Waals surface area contributed by atoms with Gasteiger partial charge in [-0.25, -0.2) is 8.78 Å². The molecule has 0 heterocycles. The summed E-state index contributed by atoms with van der Waals surface area (Å²) in [5, 5.41) is 11.1. The first-order valence-electron chi connectivity index (χ1n) is 6.66. The van der Waals surface area contributed by atoms with Crippen LogP contribution in [0.15, 0.2) is 18.2 Å². The number of alkyl halides is 2. The third kappa shape index (κ3) is 7.08. The highest BCUT2D eigenvalue weighted by molar-refractivity contribution is 8.76. The van der Waals surface area contributed by atoms with E-state index in [0.29, 0.717) is 18.1 Å². The largest absolute Gasteiger partial charge is 0.496 e. The van der Waals surface area contributed by atoms with E-state index in [9.17, 15) is 18.4 Å². The van der Waals surface area contributed by atoms with Gasteiger partial charge in [0.1, 0.15) is 5.75 Å². The molecule has 0 aromatic heterocycles. The molecule has 0 saturated carbocycles. The minimum atomic E-state index is -2.72. The first-order chi connectivity index (χ1) is 11.0. The fourth-order valence-electron chi connectivity index (χ4n) is 1.60. The standard InChI is InChI=1S/C14H17F2NO4S2/c1-21-11-3-2-9(8-10(11)13(15)16)14(20)17-5-7-23-22-6-4-12(18)19/h2-3,8,13H,4-7H2,1H3,(H,17,20)(H,18,19). The lowest BCUT2D eigenvalue weighted by atomic mass is 10.1. The predicted octanol–water partition coefficient (Wildman–Crippen LogP) is 3.22. The molecule has 0 radical (unpaired) electrons. The molecule has 9 heteroatoms. The van der Waals surface area contributed by atoms with Crippen LogP contribution in [-0.2, 0) is 4.79 Å². The van der Waals surface area contributed by atoms with Crippen molar-refractivity contribution in [2.75, 3.05) is 25.2 Å². The van der Waals surface area contributed by atoms with Crippen LogP contribution in [0.4, 0.5) is 8.78 Å². The van der Waals surface area contributed by atoms with E-state index < -0.39 is 18.3 Å². The van der Waals surface area contributed by atoms with Crippen molar-refractivity contribution in [1.82, 2.24) is 5.32 Å². The molecular formula is C14H17F2NO4S2. The number of nitrogens with one attached hydrogen (secondary N) is 1. The Kier molecular flexibility index (Phi) is 8.78. The molecule has 1 aromatic carbocycles. The lowest BCUT2D eigenvalue weighted by molar-refractivity contribution is -0.136. The summed E-state index contributed by atoms with van der Waals surface area (Å²) in [7, 11) is 4.15. The van der Waals surface area contributed by atoms with E-state index in [4.69, 9.17) is 9.84 Å². The number of amides is 1. The summed E-state index contributed by atoms with van der Waals surface area (Å²) < 4.78 is 30.6. The van der Waals surface area contributed by atoms with E-state index >= 15 is 0 Å². The number of carboxylic acid groups (broad SMARTS) is 1. The summed E-state index contributed by atoms with van der Waals surface area (Å²) >= 11 is 0. The molecule has 23 heavy (non-hydrogen) atoms. The smallest absolute Gasteiger partial charge is 0.304 e. The minimum absolute atomic E-state index is 0.0435. The number of rotatable bonds is 10. The highest BCUT2D eigenvalue weighted by Gasteiger charge is 2.16. The monoisotopic (exact) mass is 365 g/mol. The molecule has 0 saturated heterocycles. The first-order valence-corrected chi connectivity index (χ1v) is 9.15. The van der Waals surface area contributed by atoms with Gasteiger partial charge in [-0.2, -0.15) is 0 Å². The number of halogens is 2. The summed E-state index contributed by atoms with van der Waals surface area (Å²) in [4.78, 5) is 22.2. The Morgan fingerprint density at radius 1 is 1.30 bits per heavy atom. The third-order valence-corrected chi connectivity index (χ3v) is 5.09. The average Bonchev–Trinajstić information content (AvgIpc) is 2.52. The minimum Gasteiger partial charge on any atom is -0.496 e. The van der Waals surface area contributed by atoms with Crippen molar-refractivity contribution >= 4 is 33.5 Å². The van der Waals surface area contributed by atoms with E-state index in [1.54, 1.807) is 0 Å². The van der Waals surface area contributed by atoms with Gasteiger partial charge in [0.05, 0.1) is 19.1 Å². The molecule has 0 unspecified atom stereocenters. The Hall–Kier alpha value is -1.48. The zero-order chi connectivity index (χ0) is 17.2. The van der Waals surface area contributed by atoms with E-state index in [2.05, 4.69) is 5.32 Å². The number of hydrogen-bond donors (Lipinski definition) is 2. The van der Waals surface area contributed by atoms with Crippen LogP contribution in [0.5, 0.6) is 5.75 Å². The molecular weight excluding hydrogens is 348 g/mol. The number of carbonyl (C=O) groups is 2. The van der Waals surface area contributed by atoms with Crippen molar-refractivity contribution in [2.24, 2.45) is 0 Å². The van der Waals surface area contributed by atoms with Crippen molar-refractivity contribution in [3.8, 4) is 5.75 Å². The number of hydrogen-bond acceptors (Lipinski definition) is 5. The maximum absolute atomic E-state index is 12.9. The van der Waals surface area contributed by atoms with E-state index in [0.717, 1.165) is 6.07 Å². The van der Waals surface area contributed by atoms with Crippen LogP contribution in [0.2, 0.25) is 0 Å². The molecule has 0 aliphatic carbocycles. The van der Waals surface area contributed by atoms with Crippen LogP contribution in [0.1, 0.15) is 28.8 Å². The quantitative estimate of drug-likeness (QED) is 0.490. The molecule has 0 spiro atoms. The van der Waals surface area contributed by atoms with Gasteiger partial charge in [-0.3, -0.25) is 9.59 Å². The van der Waals surface area contributed by atoms with Crippen molar-refractivity contribution in [1.29, 1.82) is 0 Å². The summed E-state index contributed by atoms with van der Waals surface area (Å²) in [6.45, 7) is 0.361. The Morgan fingerprint density at radius 3 is 2.61 bits per heavy atom. The van der Waals surface area contributed by atoms with E-state index in [-0.39, 0.29) is 23.3 Å². The van der Waals surface area contributed by atoms with Gasteiger partial charge in [-0.1, -0.05) is 21.6 Å². The second-order valence-electron chi connectivity index (χ2n) is 4.30. The number of carbonyl (C=O) groups excluding carboxylic acids is 1. The molecule has 1 rings (SSSR count). The fourth-order valence-corrected chi connectivity index (χ4v) is 3.49. The number of ether oxygens (including phenoxy) is 1. The van der Waals surface area contributed by atoms with Crippen LogP contribution in [0, 0.1) is 0 Å². The van der Waals surface area contributed by atoms with Crippen molar-refractivity contribution < 1.29 is 28.2 Å². The van der Waals surface area contributed by atoms with Gasteiger partial charge in [-0.05, 0) is 18.2 Å². The molecule has 128 valence electrons. The highest BCUT2D eigenvalue weighted by atomic mass is 33.1. The van der Waals surface area contributed by atoms with E-state index in [1.165, 1.54) is 40.8 Å². The van der Waals surface area contributed by atoms with Crippen LogP contribution in [0.25, 0.3) is 0 Å². The number of benzene rings is 1. The van der Waals surface area contributed by atoms with Crippen LogP contribution >= 0.6 is 21.6 Å². The van der Waals surface area contributed by atoms with Gasteiger partial charge >= 0.3 is 5.97 Å². The molecule has 0 atom stereocenters. The van der Waals surface area contributed by atoms with Gasteiger partial charge in [0.2, 0.25) is 0 Å². The van der Waals surface area contributed by atoms with Gasteiger partial charge < -0.3 is 15.2 Å². The van der Waals surface area contributed by atoms with Crippen LogP contribution in [-0.4, -0.2) is 42.1 Å². The number of aliphatic carboxylic acids is 1. The summed E-state index contributed by atoms with van der Waals surface area (Å²) in [5.41, 5.74) is -0.177. The van der Waals surface area contributed by atoms with Gasteiger partial charge in [-0.15, -0.1) is 0 Å². The fraction of sp³-hybridized carbons (Fsp3) is 0.429. The maximum atomic E-state index is 12.9. The molecule has 1 amide bonds. The Labute approximate surface area is 140 Å². The number of carboxylic acids is 1. The Balaban J connectivity index is 2.40. The SMILES string of the molecule is COc1ccc(C(=O)NCCSSCCC(=O)O)cc1C(F)F. The zero-order valence-electron chi connectivity index (χ0n) is 12.4. The lowest BCUT2D eigenvalue weighted by Crippen LogP contribution is -2.25. The first kappa shape index (κ1) is 19.6. The second-order valence-corrected chi connectivity index (χ2v) is 7.00. The lowest BCUT2D eigenvalue weighted by Gasteiger charge is -2.10. The van der Waals surface area contributed by atoms with Crippen molar-refractivity contribution in [3.63, 3.8) is 0 Å². The topological polar surface area (TPSA) is 75.6 Å². The molecule has 0 bridgehead atoms.